The third-order valence-electron chi connectivity index (χ3n) is 8.15. The smallest absolute Gasteiger partial charge is 0.400 e. The van der Waals surface area contributed by atoms with Crippen molar-refractivity contribution in [3.8, 4) is 0 Å². The molecule has 2 aromatic carbocycles. The molecule has 0 amide bonds. The first-order valence-electron chi connectivity index (χ1n) is 15.4. The first-order chi connectivity index (χ1) is 22.9. The first kappa shape index (κ1) is 39.4. The van der Waals surface area contributed by atoms with Gasteiger partial charge in [-0.15, -0.1) is 22.7 Å². The lowest BCUT2D eigenvalue weighted by atomic mass is 9.75. The maximum atomic E-state index is 8.12. The Morgan fingerprint density at radius 2 is 1.23 bits per heavy atom. The van der Waals surface area contributed by atoms with Crippen molar-refractivity contribution in [3.05, 3.63) is 85.9 Å². The fourth-order valence-electron chi connectivity index (χ4n) is 5.12. The standard InChI is InChI=1S/C14H14OS.C11H19BO3.C9H7BrS.2CO2/c1-10-9-12-3-2-4-13(14(12)16-10)11-5-7-15-8-6-11;1-10(2)11(3,4)15-12(14-10)9-5-7-13-8-6-9;1-6-5-7-3-2-4-8(10)9(7)11-6;2*2-1-3/h2-5,9H,6-8H2,1H3;5H,6-8H2,1-4H3;2-5H,1H3;;. The van der Waals surface area contributed by atoms with Crippen molar-refractivity contribution < 1.29 is 38.0 Å². The number of hydrogen-bond donors (Lipinski definition) is 0. The Labute approximate surface area is 298 Å². The van der Waals surface area contributed by atoms with Crippen LogP contribution in [0.25, 0.3) is 25.7 Å². The van der Waals surface area contributed by atoms with E-state index in [0.29, 0.717) is 6.61 Å². The Morgan fingerprint density at radius 3 is 1.73 bits per heavy atom. The molecule has 0 aliphatic carbocycles. The van der Waals surface area contributed by atoms with Crippen LogP contribution in [0.15, 0.2) is 70.6 Å². The van der Waals surface area contributed by atoms with E-state index in [4.69, 9.17) is 38.0 Å². The summed E-state index contributed by atoms with van der Waals surface area (Å²) >= 11 is 7.24. The summed E-state index contributed by atoms with van der Waals surface area (Å²) in [5, 5.41) is 2.70. The van der Waals surface area contributed by atoms with E-state index in [1.165, 1.54) is 51.0 Å². The number of ether oxygens (including phenoxy) is 2. The molecule has 12 heteroatoms. The highest BCUT2D eigenvalue weighted by molar-refractivity contribution is 9.10. The number of hydrogen-bond acceptors (Lipinski definition) is 10. The Kier molecular flexibility index (Phi) is 15.3. The molecule has 5 heterocycles. The molecule has 0 unspecified atom stereocenters. The van der Waals surface area contributed by atoms with Gasteiger partial charge in [0.15, 0.2) is 0 Å². The fourth-order valence-corrected chi connectivity index (χ4v) is 7.73. The van der Waals surface area contributed by atoms with Gasteiger partial charge in [0.25, 0.3) is 0 Å². The van der Waals surface area contributed by atoms with E-state index < -0.39 is 0 Å². The molecule has 2 aromatic heterocycles. The van der Waals surface area contributed by atoms with Crippen molar-refractivity contribution in [1.82, 2.24) is 0 Å². The number of aryl methyl sites for hydroxylation is 2. The van der Waals surface area contributed by atoms with Gasteiger partial charge in [-0.1, -0.05) is 42.5 Å². The zero-order valence-electron chi connectivity index (χ0n) is 28.1. The van der Waals surface area contributed by atoms with Crippen molar-refractivity contribution >= 4 is 83.8 Å². The molecule has 1 saturated heterocycles. The minimum absolute atomic E-state index is 0.182. The molecule has 0 radical (unpaired) electrons. The number of rotatable bonds is 2. The lowest BCUT2D eigenvalue weighted by molar-refractivity contribution is -0.193. The zero-order chi connectivity index (χ0) is 35.3. The molecule has 254 valence electrons. The monoisotopic (exact) mass is 754 g/mol. The van der Waals surface area contributed by atoms with Crippen molar-refractivity contribution in [3.63, 3.8) is 0 Å². The van der Waals surface area contributed by atoms with E-state index in [-0.39, 0.29) is 30.6 Å². The minimum Gasteiger partial charge on any atom is -0.400 e. The van der Waals surface area contributed by atoms with Crippen LogP contribution in [-0.4, -0.2) is 57.1 Å². The van der Waals surface area contributed by atoms with E-state index in [0.717, 1.165) is 32.7 Å². The fraction of sp³-hybridized carbons (Fsp3) is 0.389. The van der Waals surface area contributed by atoms with Gasteiger partial charge in [0, 0.05) is 23.6 Å². The molecule has 0 atom stereocenters. The van der Waals surface area contributed by atoms with Crippen molar-refractivity contribution in [2.75, 3.05) is 26.4 Å². The van der Waals surface area contributed by atoms with Gasteiger partial charge in [0.1, 0.15) is 0 Å². The largest absolute Gasteiger partial charge is 0.490 e. The molecule has 8 nitrogen and oxygen atoms in total. The van der Waals surface area contributed by atoms with E-state index in [2.05, 4.69) is 118 Å². The molecular weight excluding hydrogens is 715 g/mol. The molecule has 4 aromatic rings. The van der Waals surface area contributed by atoms with E-state index in [9.17, 15) is 0 Å². The number of halogens is 1. The van der Waals surface area contributed by atoms with Crippen LogP contribution in [0, 0.1) is 13.8 Å². The molecule has 48 heavy (non-hydrogen) atoms. The van der Waals surface area contributed by atoms with Gasteiger partial charge in [0.2, 0.25) is 0 Å². The molecule has 0 bridgehead atoms. The van der Waals surface area contributed by atoms with Crippen molar-refractivity contribution in [1.29, 1.82) is 0 Å². The molecule has 0 spiro atoms. The predicted molar refractivity (Wildman–Crippen MR) is 194 cm³/mol. The topological polar surface area (TPSA) is 105 Å². The summed E-state index contributed by atoms with van der Waals surface area (Å²) in [6.45, 7) is 15.7. The summed E-state index contributed by atoms with van der Waals surface area (Å²) in [7, 11) is -0.182. The minimum atomic E-state index is -0.239. The highest BCUT2D eigenvalue weighted by atomic mass is 79.9. The van der Waals surface area contributed by atoms with E-state index in [1.807, 2.05) is 22.7 Å². The third-order valence-corrected chi connectivity index (χ3v) is 11.3. The molecule has 1 fully saturated rings. The maximum Gasteiger partial charge on any atom is 0.490 e. The average molecular weight is 756 g/mol. The normalized spacial score (nSPS) is 17.4. The zero-order valence-corrected chi connectivity index (χ0v) is 31.3. The summed E-state index contributed by atoms with van der Waals surface area (Å²) in [5.41, 5.74) is 3.59. The van der Waals surface area contributed by atoms with Gasteiger partial charge >= 0.3 is 19.4 Å². The third kappa shape index (κ3) is 10.7. The number of carbonyl (C=O) groups excluding carboxylic acids is 4. The van der Waals surface area contributed by atoms with Gasteiger partial charge in [0.05, 0.1) is 37.6 Å². The van der Waals surface area contributed by atoms with Crippen LogP contribution in [0.4, 0.5) is 0 Å². The van der Waals surface area contributed by atoms with Gasteiger partial charge < -0.3 is 18.8 Å². The average Bonchev–Trinajstić information content (AvgIpc) is 3.70. The molecule has 3 aliphatic rings. The van der Waals surface area contributed by atoms with Crippen LogP contribution in [0.3, 0.4) is 0 Å². The molecule has 3 aliphatic heterocycles. The van der Waals surface area contributed by atoms with Crippen LogP contribution in [0.5, 0.6) is 0 Å². The second-order valence-corrected chi connectivity index (χ2v) is 15.4. The lowest BCUT2D eigenvalue weighted by Crippen LogP contribution is -2.41. The molecular formula is C36H40BBrO8S2. The summed E-state index contributed by atoms with van der Waals surface area (Å²) in [4.78, 5) is 35.3. The number of fused-ring (bicyclic) bond motifs is 2. The second kappa shape index (κ2) is 18.7. The van der Waals surface area contributed by atoms with Crippen LogP contribution in [0.1, 0.15) is 55.9 Å². The molecule has 0 N–H and O–H groups in total. The summed E-state index contributed by atoms with van der Waals surface area (Å²) in [5.74, 6) is 0. The number of thiophene rings is 2. The van der Waals surface area contributed by atoms with Crippen LogP contribution in [0.2, 0.25) is 0 Å². The van der Waals surface area contributed by atoms with Gasteiger partial charge in [-0.3, -0.25) is 0 Å². The Morgan fingerprint density at radius 1 is 0.729 bits per heavy atom. The van der Waals surface area contributed by atoms with Crippen molar-refractivity contribution in [2.24, 2.45) is 0 Å². The van der Waals surface area contributed by atoms with Crippen molar-refractivity contribution in [2.45, 2.75) is 65.6 Å². The van der Waals surface area contributed by atoms with Gasteiger partial charge in [-0.05, 0) is 116 Å². The van der Waals surface area contributed by atoms with Crippen LogP contribution >= 0.6 is 38.6 Å². The first-order valence-corrected chi connectivity index (χ1v) is 17.8. The Hall–Kier alpha value is -3.02. The van der Waals surface area contributed by atoms with E-state index >= 15 is 0 Å². The molecule has 0 saturated carbocycles. The summed E-state index contributed by atoms with van der Waals surface area (Å²) < 4.78 is 26.5. The second-order valence-electron chi connectivity index (χ2n) is 12.0. The summed E-state index contributed by atoms with van der Waals surface area (Å²) in [6, 6.07) is 17.4. The van der Waals surface area contributed by atoms with Gasteiger partial charge in [-0.2, -0.15) is 19.2 Å². The highest BCUT2D eigenvalue weighted by Crippen LogP contribution is 2.39. The van der Waals surface area contributed by atoms with E-state index in [1.54, 1.807) is 0 Å². The maximum absolute atomic E-state index is 8.12. The predicted octanol–water partition coefficient (Wildman–Crippen LogP) is 8.78. The Bertz CT molecular complexity index is 1770. The van der Waals surface area contributed by atoms with Crippen LogP contribution < -0.4 is 0 Å². The SMILES string of the molecule is CC1(C)OB(C2=CCOCC2)OC1(C)C.Cc1cc2cccc(Br)c2s1.Cc1cc2cccc(C3=CCOCC3)c2s1.O=C=O.O=C=O. The Balaban J connectivity index is 0.000000183. The number of benzene rings is 2. The van der Waals surface area contributed by atoms with Crippen LogP contribution in [-0.2, 0) is 38.0 Å². The highest BCUT2D eigenvalue weighted by Gasteiger charge is 2.52. The molecule has 7 rings (SSSR count). The summed E-state index contributed by atoms with van der Waals surface area (Å²) in [6.07, 6.45) is 6.74. The van der Waals surface area contributed by atoms with Gasteiger partial charge in [-0.25, -0.2) is 0 Å². The quantitative estimate of drug-likeness (QED) is 0.187. The lowest BCUT2D eigenvalue weighted by Gasteiger charge is -2.32.